The Bertz CT molecular complexity index is 806. The van der Waals surface area contributed by atoms with Crippen LogP contribution in [0.5, 0.6) is 0 Å². The summed E-state index contributed by atoms with van der Waals surface area (Å²) in [6.07, 6.45) is 4.81. The molecule has 3 N–H and O–H groups in total. The molecule has 2 amide bonds. The van der Waals surface area contributed by atoms with Crippen molar-refractivity contribution in [3.05, 3.63) is 29.3 Å². The monoisotopic (exact) mass is 457 g/mol. The van der Waals surface area contributed by atoms with Crippen molar-refractivity contribution in [1.82, 2.24) is 15.4 Å². The van der Waals surface area contributed by atoms with Crippen molar-refractivity contribution in [1.29, 1.82) is 0 Å². The van der Waals surface area contributed by atoms with E-state index in [1.807, 2.05) is 0 Å². The molecule has 2 rings (SSSR count). The highest BCUT2D eigenvalue weighted by Crippen LogP contribution is 2.29. The first-order valence-corrected chi connectivity index (χ1v) is 12.4. The molecule has 1 fully saturated rings. The maximum Gasteiger partial charge on any atom is 0.242 e. The van der Waals surface area contributed by atoms with Crippen molar-refractivity contribution in [3.63, 3.8) is 0 Å². The minimum Gasteiger partial charge on any atom is -0.354 e. The molecule has 1 aliphatic rings. The van der Waals surface area contributed by atoms with Crippen LogP contribution in [0.25, 0.3) is 0 Å². The van der Waals surface area contributed by atoms with Crippen LogP contribution in [0.1, 0.15) is 52.4 Å². The summed E-state index contributed by atoms with van der Waals surface area (Å²) < 4.78 is 27.4. The van der Waals surface area contributed by atoms with Gasteiger partial charge in [0.1, 0.15) is 6.04 Å². The third kappa shape index (κ3) is 7.56. The highest BCUT2D eigenvalue weighted by atomic mass is 35.5. The van der Waals surface area contributed by atoms with Crippen molar-refractivity contribution in [3.8, 4) is 0 Å². The van der Waals surface area contributed by atoms with E-state index in [0.29, 0.717) is 31.0 Å². The van der Waals surface area contributed by atoms with Gasteiger partial charge in [0.15, 0.2) is 0 Å². The van der Waals surface area contributed by atoms with Crippen LogP contribution >= 0.6 is 11.6 Å². The lowest BCUT2D eigenvalue weighted by atomic mass is 9.81. The van der Waals surface area contributed by atoms with Gasteiger partial charge in [0, 0.05) is 24.0 Å². The Morgan fingerprint density at radius 1 is 1.13 bits per heavy atom. The Labute approximate surface area is 184 Å². The zero-order valence-electron chi connectivity index (χ0n) is 17.6. The van der Waals surface area contributed by atoms with Gasteiger partial charge in [0.05, 0.1) is 4.90 Å². The number of hydrogen-bond donors (Lipinski definition) is 3. The standard InChI is InChI=1S/C21H32ClN3O4S/c1-3-4-13-23-20(26)15(2)25-21(27)17-7-5-16(6-8-17)14-24-30(28,29)19-11-9-18(22)10-12-19/h9-12,15-17,24H,3-8,13-14H2,1-2H3,(H,23,26)(H,25,27). The predicted molar refractivity (Wildman–Crippen MR) is 118 cm³/mol. The average Bonchev–Trinajstić information content (AvgIpc) is 2.73. The van der Waals surface area contributed by atoms with E-state index in [0.717, 1.165) is 25.7 Å². The summed E-state index contributed by atoms with van der Waals surface area (Å²) in [4.78, 5) is 24.7. The van der Waals surface area contributed by atoms with Gasteiger partial charge < -0.3 is 10.6 Å². The normalized spacial score (nSPS) is 20.4. The van der Waals surface area contributed by atoms with Gasteiger partial charge in [-0.1, -0.05) is 24.9 Å². The van der Waals surface area contributed by atoms with Gasteiger partial charge in [0.25, 0.3) is 0 Å². The highest BCUT2D eigenvalue weighted by molar-refractivity contribution is 7.89. The molecule has 7 nitrogen and oxygen atoms in total. The maximum absolute atomic E-state index is 12.5. The number of carbonyl (C=O) groups is 2. The molecular weight excluding hydrogens is 426 g/mol. The molecule has 1 aromatic rings. The Morgan fingerprint density at radius 2 is 1.77 bits per heavy atom. The average molecular weight is 458 g/mol. The van der Waals surface area contributed by atoms with Gasteiger partial charge in [-0.15, -0.1) is 0 Å². The number of sulfonamides is 1. The fraction of sp³-hybridized carbons (Fsp3) is 0.619. The molecule has 9 heteroatoms. The molecule has 0 aliphatic heterocycles. The number of amides is 2. The van der Waals surface area contributed by atoms with Crippen molar-refractivity contribution >= 4 is 33.4 Å². The topological polar surface area (TPSA) is 104 Å². The van der Waals surface area contributed by atoms with Crippen LogP contribution in [0.3, 0.4) is 0 Å². The number of benzene rings is 1. The van der Waals surface area contributed by atoms with Crippen molar-refractivity contribution in [2.45, 2.75) is 63.3 Å². The smallest absolute Gasteiger partial charge is 0.242 e. The number of unbranched alkanes of at least 4 members (excludes halogenated alkanes) is 1. The van der Waals surface area contributed by atoms with Crippen LogP contribution in [-0.2, 0) is 19.6 Å². The van der Waals surface area contributed by atoms with Crippen LogP contribution < -0.4 is 15.4 Å². The molecule has 0 heterocycles. The molecular formula is C21H32ClN3O4S. The van der Waals surface area contributed by atoms with Crippen LogP contribution in [0.4, 0.5) is 0 Å². The fourth-order valence-electron chi connectivity index (χ4n) is 3.49. The molecule has 0 radical (unpaired) electrons. The summed E-state index contributed by atoms with van der Waals surface area (Å²) >= 11 is 5.81. The van der Waals surface area contributed by atoms with E-state index in [1.165, 1.54) is 12.1 Å². The summed E-state index contributed by atoms with van der Waals surface area (Å²) in [5.41, 5.74) is 0. The Balaban J connectivity index is 1.74. The zero-order chi connectivity index (χ0) is 22.1. The van der Waals surface area contributed by atoms with Gasteiger partial charge in [-0.05, 0) is 69.2 Å². The van der Waals surface area contributed by atoms with E-state index in [9.17, 15) is 18.0 Å². The molecule has 1 aliphatic carbocycles. The van der Waals surface area contributed by atoms with Gasteiger partial charge in [0.2, 0.25) is 21.8 Å². The largest absolute Gasteiger partial charge is 0.354 e. The third-order valence-corrected chi connectivity index (χ3v) is 7.18. The second-order valence-corrected chi connectivity index (χ2v) is 10.1. The Morgan fingerprint density at radius 3 is 2.37 bits per heavy atom. The van der Waals surface area contributed by atoms with Crippen LogP contribution in [-0.4, -0.2) is 39.4 Å². The Kier molecular flexibility index (Phi) is 9.58. The molecule has 0 aromatic heterocycles. The van der Waals surface area contributed by atoms with E-state index in [-0.39, 0.29) is 28.5 Å². The maximum atomic E-state index is 12.5. The predicted octanol–water partition coefficient (Wildman–Crippen LogP) is 2.85. The Hall–Kier alpha value is -1.64. The number of carbonyl (C=O) groups excluding carboxylic acids is 2. The summed E-state index contributed by atoms with van der Waals surface area (Å²) in [6.45, 7) is 4.70. The molecule has 1 aromatic carbocycles. The van der Waals surface area contributed by atoms with E-state index in [4.69, 9.17) is 11.6 Å². The third-order valence-electron chi connectivity index (χ3n) is 5.49. The molecule has 168 valence electrons. The van der Waals surface area contributed by atoms with Gasteiger partial charge in [-0.3, -0.25) is 9.59 Å². The molecule has 1 saturated carbocycles. The van der Waals surface area contributed by atoms with Gasteiger partial charge in [-0.25, -0.2) is 13.1 Å². The van der Waals surface area contributed by atoms with Gasteiger partial charge >= 0.3 is 0 Å². The number of halogens is 1. The van der Waals surface area contributed by atoms with Crippen molar-refractivity contribution in [2.75, 3.05) is 13.1 Å². The lowest BCUT2D eigenvalue weighted by Crippen LogP contribution is -2.47. The first kappa shape index (κ1) is 24.6. The first-order valence-electron chi connectivity index (χ1n) is 10.6. The molecule has 1 atom stereocenters. The molecule has 30 heavy (non-hydrogen) atoms. The minimum atomic E-state index is -3.57. The van der Waals surface area contributed by atoms with Crippen LogP contribution in [0.2, 0.25) is 5.02 Å². The van der Waals surface area contributed by atoms with Crippen LogP contribution in [0, 0.1) is 11.8 Å². The van der Waals surface area contributed by atoms with E-state index in [1.54, 1.807) is 19.1 Å². The number of hydrogen-bond acceptors (Lipinski definition) is 4. The lowest BCUT2D eigenvalue weighted by Gasteiger charge is -2.28. The summed E-state index contributed by atoms with van der Waals surface area (Å²) in [5.74, 6) is -0.221. The molecule has 1 unspecified atom stereocenters. The second-order valence-electron chi connectivity index (χ2n) is 7.90. The van der Waals surface area contributed by atoms with Crippen molar-refractivity contribution < 1.29 is 18.0 Å². The summed E-state index contributed by atoms with van der Waals surface area (Å²) in [7, 11) is -3.57. The van der Waals surface area contributed by atoms with Crippen molar-refractivity contribution in [2.24, 2.45) is 11.8 Å². The molecule has 0 bridgehead atoms. The number of rotatable bonds is 10. The zero-order valence-corrected chi connectivity index (χ0v) is 19.2. The highest BCUT2D eigenvalue weighted by Gasteiger charge is 2.28. The van der Waals surface area contributed by atoms with E-state index in [2.05, 4.69) is 22.3 Å². The van der Waals surface area contributed by atoms with Gasteiger partial charge in [-0.2, -0.15) is 0 Å². The first-order chi connectivity index (χ1) is 14.2. The quantitative estimate of drug-likeness (QED) is 0.470. The number of nitrogens with one attached hydrogen (secondary N) is 3. The summed E-state index contributed by atoms with van der Waals surface area (Å²) in [5, 5.41) is 6.10. The van der Waals surface area contributed by atoms with E-state index < -0.39 is 16.1 Å². The van der Waals surface area contributed by atoms with Crippen LogP contribution in [0.15, 0.2) is 29.2 Å². The summed E-state index contributed by atoms with van der Waals surface area (Å²) in [6, 6.07) is 5.49. The SMILES string of the molecule is CCCCNC(=O)C(C)NC(=O)C1CCC(CNS(=O)(=O)c2ccc(Cl)cc2)CC1. The fourth-order valence-corrected chi connectivity index (χ4v) is 4.73. The molecule has 0 saturated heterocycles. The van der Waals surface area contributed by atoms with E-state index >= 15 is 0 Å². The minimum absolute atomic E-state index is 0.103. The lowest BCUT2D eigenvalue weighted by molar-refractivity contribution is -0.131. The second kappa shape index (κ2) is 11.7. The molecule has 0 spiro atoms.